The summed E-state index contributed by atoms with van der Waals surface area (Å²) in [5.41, 5.74) is 13.4. The molecule has 0 N–H and O–H groups in total. The van der Waals surface area contributed by atoms with Crippen molar-refractivity contribution in [1.82, 2.24) is 9.13 Å². The van der Waals surface area contributed by atoms with Crippen LogP contribution >= 0.6 is 11.3 Å². The van der Waals surface area contributed by atoms with Gasteiger partial charge in [0.05, 0.1) is 44.5 Å². The average Bonchev–Trinajstić information content (AvgIpc) is 3.77. The first-order valence-electron chi connectivity index (χ1n) is 27.2. The number of hydrogen-bond acceptors (Lipinski definition) is 4. The summed E-state index contributed by atoms with van der Waals surface area (Å²) in [7, 11) is 0. The van der Waals surface area contributed by atoms with Crippen LogP contribution in [0.25, 0.3) is 135 Å². The van der Waals surface area contributed by atoms with E-state index in [-0.39, 0.29) is 5.92 Å². The highest BCUT2D eigenvalue weighted by molar-refractivity contribution is 7.25. The lowest BCUT2D eigenvalue weighted by atomic mass is 9.90. The molecule has 0 saturated heterocycles. The number of fused-ring (bicyclic) bond motifs is 17. The van der Waals surface area contributed by atoms with Gasteiger partial charge in [0, 0.05) is 75.2 Å². The van der Waals surface area contributed by atoms with E-state index in [1.165, 1.54) is 68.8 Å². The fourth-order valence-corrected chi connectivity index (χ4v) is 14.3. The third kappa shape index (κ3) is 6.62. The number of allylic oxidation sites excluding steroid dienone is 1. The van der Waals surface area contributed by atoms with E-state index in [9.17, 15) is 0 Å². The molecule has 370 valence electrons. The molecule has 4 aromatic heterocycles. The molecule has 0 amide bonds. The monoisotopic (exact) mass is 1030 g/mol. The van der Waals surface area contributed by atoms with Gasteiger partial charge in [0.2, 0.25) is 0 Å². The minimum Gasteiger partial charge on any atom is -0.455 e. The smallest absolute Gasteiger partial charge is 0.160 e. The van der Waals surface area contributed by atoms with Crippen molar-refractivity contribution in [2.24, 2.45) is 15.9 Å². The summed E-state index contributed by atoms with van der Waals surface area (Å²) in [5.74, 6) is 0.679. The zero-order valence-corrected chi connectivity index (χ0v) is 43.8. The molecule has 0 aliphatic carbocycles. The summed E-state index contributed by atoms with van der Waals surface area (Å²) < 4.78 is 14.5. The Kier molecular flexibility index (Phi) is 9.56. The number of hydrogen-bond donors (Lipinski definition) is 0. The molecular formula is C73H46N4OS. The number of aliphatic imine (C=N–C) groups is 2. The third-order valence-electron chi connectivity index (χ3n) is 16.7. The van der Waals surface area contributed by atoms with Gasteiger partial charge >= 0.3 is 0 Å². The number of nitrogens with zero attached hydrogens (tertiary/aromatic N) is 4. The van der Waals surface area contributed by atoms with E-state index >= 15 is 0 Å². The fourth-order valence-electron chi connectivity index (χ4n) is 13.1. The maximum absolute atomic E-state index is 7.09. The van der Waals surface area contributed by atoms with E-state index in [1.54, 1.807) is 0 Å². The molecule has 0 bridgehead atoms. The maximum Gasteiger partial charge on any atom is 0.160 e. The number of furan rings is 1. The second-order valence-electron chi connectivity index (χ2n) is 21.2. The van der Waals surface area contributed by atoms with Crippen LogP contribution in [-0.2, 0) is 0 Å². The van der Waals surface area contributed by atoms with Crippen LogP contribution in [0.3, 0.4) is 0 Å². The van der Waals surface area contributed by atoms with Crippen molar-refractivity contribution in [2.45, 2.75) is 13.3 Å². The standard InChI is InChI=1S/C73H46N4OS/c1-43-31-36-59(74-73(48-32-35-53-52-24-13-16-30-65(52)79-66(53)42-48)75-70(43)47-34-37-61-57(40-47)51-23-11-14-28-60(51)76(61)49-20-3-2-4-21-49)68-54-25-9-10-26-55(54)72-69(56-27-12-15-29-64(56)78-72)71(68)77-62-38-33-44-17-7-8-22-50(44)67(62)58-39-45-18-5-6-19-46(45)41-63(58)77/h2-30,32-43H,31H2,1H3/b59-36+,74-73-,75-70+. The van der Waals surface area contributed by atoms with Crippen molar-refractivity contribution in [1.29, 1.82) is 0 Å². The molecule has 16 aromatic rings. The van der Waals surface area contributed by atoms with E-state index in [2.05, 4.69) is 259 Å². The minimum absolute atomic E-state index is 0.00708. The number of rotatable bonds is 5. The zero-order valence-electron chi connectivity index (χ0n) is 43.0. The van der Waals surface area contributed by atoms with Crippen LogP contribution in [0.2, 0.25) is 0 Å². The minimum atomic E-state index is 0.00708. The van der Waals surface area contributed by atoms with Gasteiger partial charge < -0.3 is 13.6 Å². The Morgan fingerprint density at radius 1 is 0.430 bits per heavy atom. The first kappa shape index (κ1) is 44.3. The number of benzene rings is 12. The van der Waals surface area contributed by atoms with Crippen molar-refractivity contribution in [3.63, 3.8) is 0 Å². The average molecular weight is 1030 g/mol. The van der Waals surface area contributed by atoms with Gasteiger partial charge in [0.15, 0.2) is 5.84 Å². The van der Waals surface area contributed by atoms with E-state index in [0.29, 0.717) is 12.3 Å². The Morgan fingerprint density at radius 2 is 1.09 bits per heavy atom. The fraction of sp³-hybridized carbons (Fsp3) is 0.0411. The van der Waals surface area contributed by atoms with E-state index in [0.717, 1.165) is 88.7 Å². The van der Waals surface area contributed by atoms with Gasteiger partial charge in [0.25, 0.3) is 0 Å². The molecule has 0 fully saturated rings. The SMILES string of the molecule is CC1C/C=C(c2c(-n3c4cc5ccccc5cc4c4c5ccccc5ccc43)c3c4ccccc4oc3c3ccccc23)/N=C(c2ccc3c(c2)sc2ccccc23)\N=C/1c1ccc2c(c1)c1ccccc1n2-c1ccccc1. The summed E-state index contributed by atoms with van der Waals surface area (Å²) >= 11 is 1.82. The molecule has 5 heterocycles. The largest absolute Gasteiger partial charge is 0.455 e. The molecular weight excluding hydrogens is 981 g/mol. The van der Waals surface area contributed by atoms with E-state index in [1.807, 2.05) is 11.3 Å². The molecule has 1 aliphatic rings. The molecule has 12 aromatic carbocycles. The lowest BCUT2D eigenvalue weighted by Gasteiger charge is -2.22. The topological polar surface area (TPSA) is 47.7 Å². The molecule has 0 saturated carbocycles. The second-order valence-corrected chi connectivity index (χ2v) is 22.3. The molecule has 0 spiro atoms. The molecule has 79 heavy (non-hydrogen) atoms. The van der Waals surface area contributed by atoms with E-state index < -0.39 is 0 Å². The number of thiophene rings is 1. The van der Waals surface area contributed by atoms with Gasteiger partial charge in [-0.05, 0) is 106 Å². The first-order valence-corrected chi connectivity index (χ1v) is 28.0. The van der Waals surface area contributed by atoms with Crippen LogP contribution in [0.1, 0.15) is 30.0 Å². The Hall–Kier alpha value is -9.88. The van der Waals surface area contributed by atoms with Crippen molar-refractivity contribution in [3.8, 4) is 11.4 Å². The lowest BCUT2D eigenvalue weighted by molar-refractivity contribution is 0.672. The summed E-state index contributed by atoms with van der Waals surface area (Å²) in [5, 5.41) is 16.3. The number of amidine groups is 1. The predicted molar refractivity (Wildman–Crippen MR) is 336 cm³/mol. The van der Waals surface area contributed by atoms with Gasteiger partial charge in [0.1, 0.15) is 11.2 Å². The molecule has 1 atom stereocenters. The van der Waals surface area contributed by atoms with Crippen LogP contribution in [0.5, 0.6) is 0 Å². The van der Waals surface area contributed by atoms with Crippen LogP contribution in [-0.4, -0.2) is 20.7 Å². The number of para-hydroxylation sites is 3. The number of aromatic nitrogens is 2. The Morgan fingerprint density at radius 3 is 1.95 bits per heavy atom. The van der Waals surface area contributed by atoms with Gasteiger partial charge in [-0.3, -0.25) is 0 Å². The molecule has 0 radical (unpaired) electrons. The van der Waals surface area contributed by atoms with Crippen LogP contribution in [0.15, 0.2) is 257 Å². The van der Waals surface area contributed by atoms with Gasteiger partial charge in [-0.15, -0.1) is 11.3 Å². The van der Waals surface area contributed by atoms with Gasteiger partial charge in [-0.1, -0.05) is 183 Å². The summed E-state index contributed by atoms with van der Waals surface area (Å²) in [6.07, 6.45) is 3.10. The zero-order chi connectivity index (χ0) is 51.9. The Bertz CT molecular complexity index is 5370. The maximum atomic E-state index is 7.09. The van der Waals surface area contributed by atoms with Crippen molar-refractivity contribution >= 4 is 147 Å². The highest BCUT2D eigenvalue weighted by Gasteiger charge is 2.29. The summed E-state index contributed by atoms with van der Waals surface area (Å²) in [4.78, 5) is 11.9. The molecule has 6 heteroatoms. The highest BCUT2D eigenvalue weighted by Crippen LogP contribution is 2.49. The van der Waals surface area contributed by atoms with E-state index in [4.69, 9.17) is 14.4 Å². The quantitative estimate of drug-likeness (QED) is 0.169. The first-order chi connectivity index (χ1) is 39.1. The highest BCUT2D eigenvalue weighted by atomic mass is 32.1. The van der Waals surface area contributed by atoms with Crippen LogP contribution in [0, 0.1) is 5.92 Å². The summed E-state index contributed by atoms with van der Waals surface area (Å²) in [6.45, 7) is 2.33. The van der Waals surface area contributed by atoms with Crippen LogP contribution < -0.4 is 0 Å². The lowest BCUT2D eigenvalue weighted by Crippen LogP contribution is -2.17. The molecule has 1 aliphatic heterocycles. The van der Waals surface area contributed by atoms with Crippen molar-refractivity contribution in [2.75, 3.05) is 0 Å². The molecule has 1 unspecified atom stereocenters. The van der Waals surface area contributed by atoms with Gasteiger partial charge in [-0.25, -0.2) is 9.98 Å². The molecule has 5 nitrogen and oxygen atoms in total. The Balaban J connectivity index is 0.984. The predicted octanol–water partition coefficient (Wildman–Crippen LogP) is 19.9. The van der Waals surface area contributed by atoms with Crippen molar-refractivity contribution in [3.05, 3.63) is 259 Å². The molecule has 17 rings (SSSR count). The normalized spacial score (nSPS) is 16.4. The third-order valence-corrected chi connectivity index (χ3v) is 17.8. The Labute approximate surface area is 457 Å². The second kappa shape index (κ2) is 17.1. The summed E-state index contributed by atoms with van der Waals surface area (Å²) in [6, 6.07) is 86.1. The van der Waals surface area contributed by atoms with Gasteiger partial charge in [-0.2, -0.15) is 0 Å². The van der Waals surface area contributed by atoms with Crippen molar-refractivity contribution < 1.29 is 4.42 Å². The van der Waals surface area contributed by atoms with Crippen LogP contribution in [0.4, 0.5) is 0 Å².